The smallest absolute Gasteiger partial charge is 0.257 e. The summed E-state index contributed by atoms with van der Waals surface area (Å²) in [6.45, 7) is 7.07. The number of thiocarbonyl (C=S) groups is 1. The SMILES string of the molecule is Cc1ccc(C(=O)NC(=S)N2COCC2(C)C)cc1. The van der Waals surface area contributed by atoms with Crippen LogP contribution in [0.5, 0.6) is 0 Å². The summed E-state index contributed by atoms with van der Waals surface area (Å²) in [6.07, 6.45) is 0. The fourth-order valence-electron chi connectivity index (χ4n) is 1.91. The predicted molar refractivity (Wildman–Crippen MR) is 78.0 cm³/mol. The molecular formula is C14H18N2O2S. The Balaban J connectivity index is 2.03. The van der Waals surface area contributed by atoms with Crippen molar-refractivity contribution in [2.24, 2.45) is 0 Å². The molecule has 1 amide bonds. The van der Waals surface area contributed by atoms with E-state index >= 15 is 0 Å². The minimum absolute atomic E-state index is 0.183. The van der Waals surface area contributed by atoms with Crippen molar-refractivity contribution in [3.8, 4) is 0 Å². The Morgan fingerprint density at radius 3 is 2.53 bits per heavy atom. The van der Waals surface area contributed by atoms with E-state index < -0.39 is 0 Å². The molecule has 1 N–H and O–H groups in total. The largest absolute Gasteiger partial charge is 0.359 e. The number of nitrogens with one attached hydrogen (secondary N) is 1. The van der Waals surface area contributed by atoms with Gasteiger partial charge in [-0.2, -0.15) is 0 Å². The van der Waals surface area contributed by atoms with E-state index in [0.29, 0.717) is 24.0 Å². The molecule has 1 aromatic carbocycles. The highest BCUT2D eigenvalue weighted by Gasteiger charge is 2.35. The van der Waals surface area contributed by atoms with Crippen LogP contribution in [0.3, 0.4) is 0 Å². The van der Waals surface area contributed by atoms with Crippen molar-refractivity contribution < 1.29 is 9.53 Å². The van der Waals surface area contributed by atoms with Crippen molar-refractivity contribution in [1.82, 2.24) is 10.2 Å². The number of aryl methyl sites for hydroxylation is 1. The lowest BCUT2D eigenvalue weighted by Crippen LogP contribution is -2.50. The van der Waals surface area contributed by atoms with Crippen molar-refractivity contribution in [2.45, 2.75) is 26.3 Å². The Labute approximate surface area is 118 Å². The number of nitrogens with zero attached hydrogens (tertiary/aromatic N) is 1. The molecule has 1 aromatic rings. The number of ether oxygens (including phenoxy) is 1. The molecule has 0 unspecified atom stereocenters. The van der Waals surface area contributed by atoms with Gasteiger partial charge in [0.05, 0.1) is 12.1 Å². The molecular weight excluding hydrogens is 260 g/mol. The maximum Gasteiger partial charge on any atom is 0.257 e. The molecule has 0 aromatic heterocycles. The van der Waals surface area contributed by atoms with E-state index in [1.165, 1.54) is 0 Å². The van der Waals surface area contributed by atoms with Crippen molar-refractivity contribution in [3.05, 3.63) is 35.4 Å². The molecule has 1 heterocycles. The van der Waals surface area contributed by atoms with Gasteiger partial charge in [-0.15, -0.1) is 0 Å². The van der Waals surface area contributed by atoms with Gasteiger partial charge in [-0.05, 0) is 45.1 Å². The number of rotatable bonds is 1. The summed E-state index contributed by atoms with van der Waals surface area (Å²) in [7, 11) is 0. The second-order valence-corrected chi connectivity index (χ2v) is 5.73. The highest BCUT2D eigenvalue weighted by Crippen LogP contribution is 2.21. The van der Waals surface area contributed by atoms with Crippen molar-refractivity contribution >= 4 is 23.2 Å². The van der Waals surface area contributed by atoms with Gasteiger partial charge in [0.2, 0.25) is 0 Å². The van der Waals surface area contributed by atoms with Crippen LogP contribution in [0, 0.1) is 6.92 Å². The maximum atomic E-state index is 12.1. The normalized spacial score (nSPS) is 17.3. The molecule has 5 heteroatoms. The number of hydrogen-bond donors (Lipinski definition) is 1. The van der Waals surface area contributed by atoms with E-state index in [2.05, 4.69) is 5.32 Å². The van der Waals surface area contributed by atoms with Crippen LogP contribution in [0.25, 0.3) is 0 Å². The standard InChI is InChI=1S/C14H18N2O2S/c1-10-4-6-11(7-5-10)12(17)15-13(19)16-9-18-8-14(16,2)3/h4-7H,8-9H2,1-3H3,(H,15,17,19). The van der Waals surface area contributed by atoms with Gasteiger partial charge in [0.15, 0.2) is 5.11 Å². The van der Waals surface area contributed by atoms with Crippen LogP contribution in [0.4, 0.5) is 0 Å². The lowest BCUT2D eigenvalue weighted by Gasteiger charge is -2.31. The Morgan fingerprint density at radius 2 is 2.00 bits per heavy atom. The van der Waals surface area contributed by atoms with Crippen LogP contribution >= 0.6 is 12.2 Å². The van der Waals surface area contributed by atoms with Gasteiger partial charge in [-0.3, -0.25) is 10.1 Å². The average Bonchev–Trinajstić information content (AvgIpc) is 2.69. The van der Waals surface area contributed by atoms with Crippen molar-refractivity contribution in [3.63, 3.8) is 0 Å². The van der Waals surface area contributed by atoms with Crippen LogP contribution in [0.2, 0.25) is 0 Å². The Hall–Kier alpha value is -1.46. The Morgan fingerprint density at radius 1 is 1.37 bits per heavy atom. The fourth-order valence-corrected chi connectivity index (χ4v) is 2.31. The first-order valence-electron chi connectivity index (χ1n) is 6.17. The minimum atomic E-state index is -0.187. The Kier molecular flexibility index (Phi) is 3.87. The van der Waals surface area contributed by atoms with Gasteiger partial charge in [0.1, 0.15) is 6.73 Å². The summed E-state index contributed by atoms with van der Waals surface area (Å²) in [5.41, 5.74) is 1.54. The fraction of sp³-hybridized carbons (Fsp3) is 0.429. The van der Waals surface area contributed by atoms with Crippen LogP contribution in [-0.2, 0) is 4.74 Å². The predicted octanol–water partition coefficient (Wildman–Crippen LogP) is 2.08. The second-order valence-electron chi connectivity index (χ2n) is 5.34. The van der Waals surface area contributed by atoms with E-state index in [-0.39, 0.29) is 11.4 Å². The van der Waals surface area contributed by atoms with Gasteiger partial charge >= 0.3 is 0 Å². The van der Waals surface area contributed by atoms with Crippen molar-refractivity contribution in [1.29, 1.82) is 0 Å². The summed E-state index contributed by atoms with van der Waals surface area (Å²) in [6, 6.07) is 7.39. The molecule has 1 saturated heterocycles. The van der Waals surface area contributed by atoms with E-state index in [0.717, 1.165) is 5.56 Å². The molecule has 1 fully saturated rings. The minimum Gasteiger partial charge on any atom is -0.359 e. The first kappa shape index (κ1) is 14.0. The van der Waals surface area contributed by atoms with Crippen LogP contribution in [-0.4, -0.2) is 34.8 Å². The number of hydrogen-bond acceptors (Lipinski definition) is 3. The topological polar surface area (TPSA) is 41.6 Å². The molecule has 1 aliphatic heterocycles. The van der Waals surface area contributed by atoms with E-state index in [9.17, 15) is 4.79 Å². The number of carbonyl (C=O) groups excluding carboxylic acids is 1. The van der Waals surface area contributed by atoms with Crippen molar-refractivity contribution in [2.75, 3.05) is 13.3 Å². The highest BCUT2D eigenvalue weighted by molar-refractivity contribution is 7.80. The Bertz CT molecular complexity index is 497. The molecule has 0 atom stereocenters. The third-order valence-corrected chi connectivity index (χ3v) is 3.51. The van der Waals surface area contributed by atoms with Crippen LogP contribution in [0.1, 0.15) is 29.8 Å². The molecule has 0 radical (unpaired) electrons. The maximum absolute atomic E-state index is 12.1. The second kappa shape index (κ2) is 5.27. The average molecular weight is 278 g/mol. The first-order valence-corrected chi connectivity index (χ1v) is 6.58. The third kappa shape index (κ3) is 3.11. The van der Waals surface area contributed by atoms with Gasteiger partial charge < -0.3 is 9.64 Å². The molecule has 19 heavy (non-hydrogen) atoms. The first-order chi connectivity index (χ1) is 8.90. The van der Waals surface area contributed by atoms with Gasteiger partial charge in [-0.25, -0.2) is 0 Å². The number of carbonyl (C=O) groups is 1. The summed E-state index contributed by atoms with van der Waals surface area (Å²) < 4.78 is 5.38. The van der Waals surface area contributed by atoms with Crippen LogP contribution in [0.15, 0.2) is 24.3 Å². The van der Waals surface area contributed by atoms with E-state index in [1.54, 1.807) is 12.1 Å². The van der Waals surface area contributed by atoms with E-state index in [1.807, 2.05) is 37.8 Å². The lowest BCUT2D eigenvalue weighted by molar-refractivity contribution is 0.0969. The molecule has 1 aliphatic rings. The zero-order valence-corrected chi connectivity index (χ0v) is 12.2. The quantitative estimate of drug-likeness (QED) is 0.799. The summed E-state index contributed by atoms with van der Waals surface area (Å²) in [5, 5.41) is 3.16. The zero-order chi connectivity index (χ0) is 14.0. The monoisotopic (exact) mass is 278 g/mol. The number of amides is 1. The van der Waals surface area contributed by atoms with E-state index in [4.69, 9.17) is 17.0 Å². The molecule has 0 bridgehead atoms. The molecule has 0 spiro atoms. The van der Waals surface area contributed by atoms with Crippen LogP contribution < -0.4 is 5.32 Å². The molecule has 0 aliphatic carbocycles. The summed E-state index contributed by atoms with van der Waals surface area (Å²) >= 11 is 5.28. The number of benzene rings is 1. The summed E-state index contributed by atoms with van der Waals surface area (Å²) in [4.78, 5) is 14.0. The van der Waals surface area contributed by atoms with Gasteiger partial charge in [0, 0.05) is 5.56 Å². The molecule has 102 valence electrons. The highest BCUT2D eigenvalue weighted by atomic mass is 32.1. The summed E-state index contributed by atoms with van der Waals surface area (Å²) in [5.74, 6) is -0.187. The van der Waals surface area contributed by atoms with Gasteiger partial charge in [-0.1, -0.05) is 17.7 Å². The zero-order valence-electron chi connectivity index (χ0n) is 11.4. The molecule has 0 saturated carbocycles. The lowest BCUT2D eigenvalue weighted by atomic mass is 10.1. The molecule has 4 nitrogen and oxygen atoms in total. The molecule has 2 rings (SSSR count). The van der Waals surface area contributed by atoms with Gasteiger partial charge in [0.25, 0.3) is 5.91 Å². The third-order valence-electron chi connectivity index (χ3n) is 3.19.